The van der Waals surface area contributed by atoms with Gasteiger partial charge in [-0.25, -0.2) is 8.78 Å². The topological polar surface area (TPSA) is 23.5 Å². The number of hydrogen-bond donors (Lipinski definition) is 1. The van der Waals surface area contributed by atoms with Crippen molar-refractivity contribution >= 4 is 0 Å². The van der Waals surface area contributed by atoms with Crippen molar-refractivity contribution < 1.29 is 13.9 Å². The summed E-state index contributed by atoms with van der Waals surface area (Å²) in [4.78, 5) is 1.89. The number of halogens is 2. The van der Waals surface area contributed by atoms with Gasteiger partial charge in [0.15, 0.2) is 0 Å². The van der Waals surface area contributed by atoms with Crippen molar-refractivity contribution in [1.82, 2.24) is 4.90 Å². The van der Waals surface area contributed by atoms with E-state index in [2.05, 4.69) is 0 Å². The zero-order chi connectivity index (χ0) is 9.47. The van der Waals surface area contributed by atoms with Crippen LogP contribution in [0.25, 0.3) is 0 Å². The Morgan fingerprint density at radius 1 is 1.62 bits per heavy atom. The minimum atomic E-state index is -2.61. The quantitative estimate of drug-likeness (QED) is 0.721. The van der Waals surface area contributed by atoms with E-state index in [9.17, 15) is 13.9 Å². The lowest BCUT2D eigenvalue weighted by atomic mass is 10.2. The molecule has 0 amide bonds. The van der Waals surface area contributed by atoms with E-state index in [1.165, 1.54) is 0 Å². The number of alkyl halides is 2. The third-order valence-corrected chi connectivity index (χ3v) is 2.66. The zero-order valence-electron chi connectivity index (χ0n) is 7.29. The molecular weight excluding hydrogens is 176 g/mol. The Bertz CT molecular complexity index is 230. The van der Waals surface area contributed by atoms with Crippen LogP contribution in [0.1, 0.15) is 12.8 Å². The number of aliphatic hydroxyl groups excluding tert-OH is 1. The largest absolute Gasteiger partial charge is 0.391 e. The Balaban J connectivity index is 1.79. The molecule has 1 fully saturated rings. The molecule has 2 rings (SSSR count). The van der Waals surface area contributed by atoms with Crippen molar-refractivity contribution in [1.29, 1.82) is 0 Å². The molecule has 0 aromatic carbocycles. The average Bonchev–Trinajstić information content (AvgIpc) is 2.49. The second-order valence-electron chi connectivity index (χ2n) is 3.81. The molecule has 74 valence electrons. The fourth-order valence-corrected chi connectivity index (χ4v) is 1.71. The molecule has 0 aromatic heterocycles. The van der Waals surface area contributed by atoms with Crippen LogP contribution in [0, 0.1) is 5.92 Å². The molecule has 13 heavy (non-hydrogen) atoms. The summed E-state index contributed by atoms with van der Waals surface area (Å²) in [5.74, 6) is -3.41. The van der Waals surface area contributed by atoms with Gasteiger partial charge in [0, 0.05) is 19.5 Å². The summed E-state index contributed by atoms with van der Waals surface area (Å²) in [6.07, 6.45) is 3.78. The number of aliphatic hydroxyl groups is 1. The lowest BCUT2D eigenvalue weighted by Gasteiger charge is -2.19. The fourth-order valence-electron chi connectivity index (χ4n) is 1.71. The Hall–Kier alpha value is -0.640. The second kappa shape index (κ2) is 2.94. The van der Waals surface area contributed by atoms with Crippen LogP contribution in [0.3, 0.4) is 0 Å². The number of nitrogens with zero attached hydrogens (tertiary/aromatic N) is 1. The predicted molar refractivity (Wildman–Crippen MR) is 44.4 cm³/mol. The molecule has 0 spiro atoms. The third-order valence-electron chi connectivity index (χ3n) is 2.66. The molecule has 4 heteroatoms. The van der Waals surface area contributed by atoms with Gasteiger partial charge in [0.05, 0.1) is 12.0 Å². The molecule has 1 aliphatic carbocycles. The summed E-state index contributed by atoms with van der Waals surface area (Å²) in [7, 11) is 0. The highest BCUT2D eigenvalue weighted by Gasteiger charge is 2.60. The average molecular weight is 189 g/mol. The van der Waals surface area contributed by atoms with Gasteiger partial charge in [-0.1, -0.05) is 6.08 Å². The molecule has 1 aliphatic heterocycles. The van der Waals surface area contributed by atoms with Crippen molar-refractivity contribution in [3.8, 4) is 0 Å². The number of rotatable bonds is 3. The summed E-state index contributed by atoms with van der Waals surface area (Å²) < 4.78 is 25.0. The van der Waals surface area contributed by atoms with Gasteiger partial charge >= 0.3 is 0 Å². The van der Waals surface area contributed by atoms with Crippen LogP contribution in [0.15, 0.2) is 12.3 Å². The molecular formula is C9H13F2NO. The Kier molecular flexibility index (Phi) is 2.02. The van der Waals surface area contributed by atoms with Gasteiger partial charge < -0.3 is 10.0 Å². The molecule has 2 unspecified atom stereocenters. The van der Waals surface area contributed by atoms with E-state index >= 15 is 0 Å². The summed E-state index contributed by atoms with van der Waals surface area (Å²) >= 11 is 0. The fraction of sp³-hybridized carbons (Fsp3) is 0.778. The monoisotopic (exact) mass is 189 g/mol. The highest BCUT2D eigenvalue weighted by atomic mass is 19.3. The molecule has 1 N–H and O–H groups in total. The maximum atomic E-state index is 12.5. The minimum absolute atomic E-state index is 0.147. The number of β-amino-alcohol motifs (C(OH)–C–C–N with tert-alkyl or cyclic N) is 1. The second-order valence-corrected chi connectivity index (χ2v) is 3.81. The minimum Gasteiger partial charge on any atom is -0.391 e. The summed E-state index contributed by atoms with van der Waals surface area (Å²) in [6.45, 7) is 1.19. The predicted octanol–water partition coefficient (Wildman–Crippen LogP) is 1.22. The SMILES string of the molecule is OC(CN1C=CCC1)C1CC1(F)F. The van der Waals surface area contributed by atoms with Gasteiger partial charge in [0.1, 0.15) is 0 Å². The first-order chi connectivity index (χ1) is 6.09. The number of hydrogen-bond acceptors (Lipinski definition) is 2. The van der Waals surface area contributed by atoms with Gasteiger partial charge in [0.2, 0.25) is 0 Å². The van der Waals surface area contributed by atoms with Crippen LogP contribution in [0.2, 0.25) is 0 Å². The first-order valence-corrected chi connectivity index (χ1v) is 4.56. The maximum absolute atomic E-state index is 12.5. The molecule has 0 aromatic rings. The normalized spacial score (nSPS) is 32.2. The first kappa shape index (κ1) is 8.94. The Morgan fingerprint density at radius 3 is 2.77 bits per heavy atom. The Morgan fingerprint density at radius 2 is 2.31 bits per heavy atom. The van der Waals surface area contributed by atoms with Crippen LogP contribution >= 0.6 is 0 Å². The molecule has 2 nitrogen and oxygen atoms in total. The molecule has 1 saturated carbocycles. The van der Waals surface area contributed by atoms with Crippen molar-refractivity contribution in [2.24, 2.45) is 5.92 Å². The van der Waals surface area contributed by atoms with Gasteiger partial charge in [-0.3, -0.25) is 0 Å². The van der Waals surface area contributed by atoms with Gasteiger partial charge in [-0.05, 0) is 12.6 Å². The molecule has 2 atom stereocenters. The molecule has 0 bridgehead atoms. The van der Waals surface area contributed by atoms with E-state index in [-0.39, 0.29) is 6.42 Å². The van der Waals surface area contributed by atoms with E-state index in [1.807, 2.05) is 17.2 Å². The molecule has 2 aliphatic rings. The standard InChI is InChI=1S/C9H13F2NO/c10-9(11)5-7(9)8(13)6-12-3-1-2-4-12/h1,3,7-8,13H,2,4-6H2. The smallest absolute Gasteiger partial charge is 0.254 e. The maximum Gasteiger partial charge on any atom is 0.254 e. The summed E-state index contributed by atoms with van der Waals surface area (Å²) in [5, 5.41) is 9.43. The van der Waals surface area contributed by atoms with Gasteiger partial charge in [-0.2, -0.15) is 0 Å². The highest BCUT2D eigenvalue weighted by molar-refractivity contribution is 5.01. The zero-order valence-corrected chi connectivity index (χ0v) is 7.29. The van der Waals surface area contributed by atoms with E-state index < -0.39 is 17.9 Å². The van der Waals surface area contributed by atoms with Crippen LogP contribution in [-0.4, -0.2) is 35.1 Å². The molecule has 0 radical (unpaired) electrons. The van der Waals surface area contributed by atoms with Crippen LogP contribution in [0.5, 0.6) is 0 Å². The third kappa shape index (κ3) is 1.82. The van der Waals surface area contributed by atoms with Crippen molar-refractivity contribution in [3.05, 3.63) is 12.3 Å². The van der Waals surface area contributed by atoms with Gasteiger partial charge in [0.25, 0.3) is 5.92 Å². The lowest BCUT2D eigenvalue weighted by Crippen LogP contribution is -2.30. The van der Waals surface area contributed by atoms with Crippen molar-refractivity contribution in [3.63, 3.8) is 0 Å². The van der Waals surface area contributed by atoms with Crippen LogP contribution in [0.4, 0.5) is 8.78 Å². The van der Waals surface area contributed by atoms with E-state index in [4.69, 9.17) is 0 Å². The summed E-state index contributed by atoms with van der Waals surface area (Å²) in [6, 6.07) is 0. The molecule has 1 heterocycles. The first-order valence-electron chi connectivity index (χ1n) is 4.56. The highest BCUT2D eigenvalue weighted by Crippen LogP contribution is 2.50. The van der Waals surface area contributed by atoms with Crippen molar-refractivity contribution in [2.75, 3.05) is 13.1 Å². The summed E-state index contributed by atoms with van der Waals surface area (Å²) in [5.41, 5.74) is 0. The molecule has 0 saturated heterocycles. The van der Waals surface area contributed by atoms with E-state index in [1.54, 1.807) is 0 Å². The van der Waals surface area contributed by atoms with Gasteiger partial charge in [-0.15, -0.1) is 0 Å². The van der Waals surface area contributed by atoms with E-state index in [0.29, 0.717) is 6.54 Å². The van der Waals surface area contributed by atoms with Crippen LogP contribution in [-0.2, 0) is 0 Å². The lowest BCUT2D eigenvalue weighted by molar-refractivity contribution is 0.0381. The van der Waals surface area contributed by atoms with Crippen molar-refractivity contribution in [2.45, 2.75) is 24.9 Å². The van der Waals surface area contributed by atoms with E-state index in [0.717, 1.165) is 13.0 Å². The Labute approximate surface area is 75.8 Å². The van der Waals surface area contributed by atoms with Crippen LogP contribution < -0.4 is 0 Å².